The third-order valence-corrected chi connectivity index (χ3v) is 6.12. The van der Waals surface area contributed by atoms with E-state index in [-0.39, 0.29) is 29.8 Å². The van der Waals surface area contributed by atoms with Crippen molar-refractivity contribution in [1.82, 2.24) is 0 Å². The fourth-order valence-corrected chi connectivity index (χ4v) is 4.37. The molecule has 160 valence electrons. The summed E-state index contributed by atoms with van der Waals surface area (Å²) in [5.74, 6) is -1.72. The Kier molecular flexibility index (Phi) is 6.25. The molecule has 2 saturated heterocycles. The smallest absolute Gasteiger partial charge is 0.292 e. The van der Waals surface area contributed by atoms with Gasteiger partial charge in [0, 0.05) is 0 Å². The lowest BCUT2D eigenvalue weighted by Gasteiger charge is -2.31. The van der Waals surface area contributed by atoms with Gasteiger partial charge in [-0.3, -0.25) is 9.59 Å². The minimum Gasteiger partial charge on any atom is -0.545 e. The van der Waals surface area contributed by atoms with E-state index in [1.54, 1.807) is 0 Å². The van der Waals surface area contributed by atoms with Crippen molar-refractivity contribution in [3.63, 3.8) is 0 Å². The van der Waals surface area contributed by atoms with Crippen LogP contribution in [-0.4, -0.2) is 56.5 Å². The number of imide groups is 1. The van der Waals surface area contributed by atoms with Crippen LogP contribution in [0.3, 0.4) is 0 Å². The van der Waals surface area contributed by atoms with Crippen molar-refractivity contribution in [2.45, 2.75) is 12.5 Å². The van der Waals surface area contributed by atoms with E-state index < -0.39 is 5.97 Å². The molecule has 2 aliphatic rings. The molecular formula is C24H26N3O4+. The van der Waals surface area contributed by atoms with Crippen molar-refractivity contribution >= 4 is 29.5 Å². The number of rotatable bonds is 6. The summed E-state index contributed by atoms with van der Waals surface area (Å²) in [5, 5.41) is 10.9. The molecule has 0 saturated carbocycles. The maximum Gasteiger partial charge on any atom is 0.292 e. The zero-order valence-corrected chi connectivity index (χ0v) is 17.3. The van der Waals surface area contributed by atoms with Gasteiger partial charge in [-0.1, -0.05) is 48.5 Å². The van der Waals surface area contributed by atoms with Gasteiger partial charge in [-0.05, 0) is 29.3 Å². The number of carboxylic acid groups (broad SMARTS) is 1. The summed E-state index contributed by atoms with van der Waals surface area (Å²) in [4.78, 5) is 40.3. The molecule has 2 heterocycles. The second kappa shape index (κ2) is 9.24. The fraction of sp³-hybridized carbons (Fsp3) is 0.292. The van der Waals surface area contributed by atoms with E-state index >= 15 is 0 Å². The molecular weight excluding hydrogens is 394 g/mol. The number of carbonyl (C=O) groups is 3. The number of nitrogens with one attached hydrogen (secondary N) is 2. The summed E-state index contributed by atoms with van der Waals surface area (Å²) < 4.78 is 0. The quantitative estimate of drug-likeness (QED) is 0.539. The molecule has 7 heteroatoms. The predicted molar refractivity (Wildman–Crippen MR) is 113 cm³/mol. The number of carboxylic acids is 1. The van der Waals surface area contributed by atoms with Crippen LogP contribution in [0.2, 0.25) is 0 Å². The first kappa shape index (κ1) is 21.0. The molecule has 0 spiro atoms. The summed E-state index contributed by atoms with van der Waals surface area (Å²) >= 11 is 0. The van der Waals surface area contributed by atoms with E-state index in [1.807, 2.05) is 18.2 Å². The summed E-state index contributed by atoms with van der Waals surface area (Å²) in [6.45, 7) is 4.53. The third-order valence-electron chi connectivity index (χ3n) is 6.12. The average molecular weight is 420 g/mol. The number of benzene rings is 2. The van der Waals surface area contributed by atoms with Crippen LogP contribution in [0.15, 0.2) is 60.7 Å². The third kappa shape index (κ3) is 4.73. The summed E-state index contributed by atoms with van der Waals surface area (Å²) in [6.07, 6.45) is 4.52. The SMILES string of the molecule is O=C([O-])c1ccc(N2C(=O)C[C@@H]([NH+]3CC[NH+](C/C=C/c4ccccc4)CC3)C2=O)cc1. The Hall–Kier alpha value is -3.29. The molecule has 4 rings (SSSR count). The van der Waals surface area contributed by atoms with E-state index in [0.717, 1.165) is 37.6 Å². The van der Waals surface area contributed by atoms with Crippen molar-refractivity contribution in [2.24, 2.45) is 0 Å². The molecule has 0 aromatic heterocycles. The monoisotopic (exact) mass is 420 g/mol. The maximum absolute atomic E-state index is 13.0. The first-order chi connectivity index (χ1) is 15.0. The largest absolute Gasteiger partial charge is 0.545 e. The van der Waals surface area contributed by atoms with Gasteiger partial charge in [0.1, 0.15) is 26.2 Å². The first-order valence-corrected chi connectivity index (χ1v) is 10.6. The molecule has 2 aromatic rings. The number of aromatic carboxylic acids is 1. The molecule has 0 radical (unpaired) electrons. The number of anilines is 1. The highest BCUT2D eigenvalue weighted by Crippen LogP contribution is 2.22. The number of piperazine rings is 1. The lowest BCUT2D eigenvalue weighted by molar-refractivity contribution is -1.02. The zero-order chi connectivity index (χ0) is 21.8. The van der Waals surface area contributed by atoms with Crippen LogP contribution in [0.4, 0.5) is 5.69 Å². The van der Waals surface area contributed by atoms with Crippen LogP contribution < -0.4 is 19.8 Å². The van der Waals surface area contributed by atoms with Crippen LogP contribution in [-0.2, 0) is 9.59 Å². The van der Waals surface area contributed by atoms with Crippen molar-refractivity contribution in [3.8, 4) is 0 Å². The highest BCUT2D eigenvalue weighted by atomic mass is 16.4. The molecule has 0 aliphatic carbocycles. The van der Waals surface area contributed by atoms with Gasteiger partial charge in [0.15, 0.2) is 6.04 Å². The Balaban J connectivity index is 1.32. The van der Waals surface area contributed by atoms with Gasteiger partial charge in [-0.15, -0.1) is 0 Å². The standard InChI is InChI=1S/C24H25N3O4/c28-22-17-21(23(29)27(22)20-10-8-19(9-11-20)24(30)31)26-15-13-25(14-16-26)12-4-7-18-5-2-1-3-6-18/h1-11,21H,12-17H2,(H,30,31)/p+1/b7-4+/t21-/m1/s1. The second-order valence-electron chi connectivity index (χ2n) is 8.08. The number of quaternary nitrogens is 2. The van der Waals surface area contributed by atoms with Gasteiger partial charge in [0.25, 0.3) is 5.91 Å². The lowest BCUT2D eigenvalue weighted by atomic mass is 10.1. The van der Waals surface area contributed by atoms with E-state index in [9.17, 15) is 19.5 Å². The van der Waals surface area contributed by atoms with Gasteiger partial charge < -0.3 is 19.7 Å². The number of hydrogen-bond acceptors (Lipinski definition) is 4. The highest BCUT2D eigenvalue weighted by Gasteiger charge is 2.46. The van der Waals surface area contributed by atoms with Crippen LogP contribution >= 0.6 is 0 Å². The molecule has 0 unspecified atom stereocenters. The van der Waals surface area contributed by atoms with Crippen LogP contribution in [0.5, 0.6) is 0 Å². The molecule has 2 aliphatic heterocycles. The number of hydrogen-bond donors (Lipinski definition) is 2. The first-order valence-electron chi connectivity index (χ1n) is 10.6. The maximum atomic E-state index is 13.0. The van der Waals surface area contributed by atoms with Gasteiger partial charge in [-0.2, -0.15) is 0 Å². The van der Waals surface area contributed by atoms with Gasteiger partial charge in [-0.25, -0.2) is 4.90 Å². The van der Waals surface area contributed by atoms with Crippen molar-refractivity contribution in [2.75, 3.05) is 37.6 Å². The lowest BCUT2D eigenvalue weighted by Crippen LogP contribution is -3.30. The zero-order valence-electron chi connectivity index (χ0n) is 17.3. The van der Waals surface area contributed by atoms with Crippen LogP contribution in [0, 0.1) is 0 Å². The van der Waals surface area contributed by atoms with Crippen molar-refractivity contribution < 1.29 is 29.3 Å². The molecule has 2 fully saturated rings. The van der Waals surface area contributed by atoms with E-state index in [1.165, 1.54) is 39.6 Å². The molecule has 2 amide bonds. The van der Waals surface area contributed by atoms with E-state index in [2.05, 4.69) is 24.3 Å². The van der Waals surface area contributed by atoms with Gasteiger partial charge in [0.05, 0.1) is 24.6 Å². The molecule has 7 nitrogen and oxygen atoms in total. The summed E-state index contributed by atoms with van der Waals surface area (Å²) in [6, 6.07) is 15.5. The van der Waals surface area contributed by atoms with Crippen molar-refractivity contribution in [1.29, 1.82) is 0 Å². The normalized spacial score (nSPS) is 24.1. The molecule has 31 heavy (non-hydrogen) atoms. The van der Waals surface area contributed by atoms with E-state index in [4.69, 9.17) is 0 Å². The highest BCUT2D eigenvalue weighted by molar-refractivity contribution is 6.21. The van der Waals surface area contributed by atoms with Gasteiger partial charge >= 0.3 is 0 Å². The van der Waals surface area contributed by atoms with Gasteiger partial charge in [0.2, 0.25) is 5.91 Å². The average Bonchev–Trinajstić information content (AvgIpc) is 3.09. The Morgan fingerprint density at radius 1 is 1.00 bits per heavy atom. The molecule has 0 bridgehead atoms. The topological polar surface area (TPSA) is 86.4 Å². The van der Waals surface area contributed by atoms with Crippen molar-refractivity contribution in [3.05, 3.63) is 71.8 Å². The Labute approximate surface area is 181 Å². The minimum absolute atomic E-state index is 0.0189. The van der Waals surface area contributed by atoms with Crippen LogP contribution in [0.25, 0.3) is 6.08 Å². The Morgan fingerprint density at radius 3 is 2.32 bits per heavy atom. The number of carbonyl (C=O) groups excluding carboxylic acids is 3. The molecule has 2 aromatic carbocycles. The molecule has 1 atom stereocenters. The Bertz CT molecular complexity index is 980. The fourth-order valence-electron chi connectivity index (χ4n) is 4.37. The molecule has 2 N–H and O–H groups in total. The predicted octanol–water partition coefficient (Wildman–Crippen LogP) is -1.82. The van der Waals surface area contributed by atoms with Crippen LogP contribution in [0.1, 0.15) is 22.3 Å². The summed E-state index contributed by atoms with van der Waals surface area (Å²) in [7, 11) is 0. The second-order valence-corrected chi connectivity index (χ2v) is 8.08. The van der Waals surface area contributed by atoms with E-state index in [0.29, 0.717) is 5.69 Å². The number of amides is 2. The minimum atomic E-state index is -1.29. The Morgan fingerprint density at radius 2 is 1.68 bits per heavy atom. The summed E-state index contributed by atoms with van der Waals surface area (Å²) in [5.41, 5.74) is 1.62. The number of nitrogens with zero attached hydrogens (tertiary/aromatic N) is 1.